The van der Waals surface area contributed by atoms with Crippen molar-refractivity contribution in [1.29, 1.82) is 0 Å². The van der Waals surface area contributed by atoms with Gasteiger partial charge in [-0.25, -0.2) is 13.1 Å². The van der Waals surface area contributed by atoms with Crippen LogP contribution in [0.5, 0.6) is 0 Å². The van der Waals surface area contributed by atoms with Crippen LogP contribution in [0.1, 0.15) is 28.0 Å². The Morgan fingerprint density at radius 3 is 2.35 bits per heavy atom. The highest BCUT2D eigenvalue weighted by atomic mass is 32.2. The van der Waals surface area contributed by atoms with Crippen LogP contribution in [0.15, 0.2) is 65.7 Å². The van der Waals surface area contributed by atoms with Crippen LogP contribution in [0.25, 0.3) is 5.69 Å². The van der Waals surface area contributed by atoms with Gasteiger partial charge in [-0.3, -0.25) is 4.79 Å². The number of carbonyl (C=O) groups is 1. The Balaban J connectivity index is 1.73. The van der Waals surface area contributed by atoms with E-state index in [9.17, 15) is 26.4 Å². The number of aryl methyl sites for hydroxylation is 1. The van der Waals surface area contributed by atoms with Crippen LogP contribution >= 0.6 is 0 Å². The van der Waals surface area contributed by atoms with Crippen molar-refractivity contribution >= 4 is 15.7 Å². The molecule has 1 heterocycles. The molecule has 0 bridgehead atoms. The summed E-state index contributed by atoms with van der Waals surface area (Å²) in [5.74, 6) is -1.21. The average Bonchev–Trinajstić information content (AvgIpc) is 3.18. The van der Waals surface area contributed by atoms with Gasteiger partial charge in [0.05, 0.1) is 28.1 Å². The number of nitrogens with zero attached hydrogens (tertiary/aromatic N) is 2. The largest absolute Gasteiger partial charge is 0.434 e. The van der Waals surface area contributed by atoms with Crippen LogP contribution in [0.3, 0.4) is 0 Å². The number of para-hydroxylation sites is 1. The number of hydrogen-bond donors (Lipinski definition) is 1. The van der Waals surface area contributed by atoms with E-state index in [1.807, 2.05) is 0 Å². The number of halogens is 3. The Morgan fingerprint density at radius 2 is 1.71 bits per heavy atom. The third kappa shape index (κ3) is 5.13. The summed E-state index contributed by atoms with van der Waals surface area (Å²) in [5, 5.41) is 6.14. The first-order valence-corrected chi connectivity index (χ1v) is 11.0. The highest BCUT2D eigenvalue weighted by Gasteiger charge is 2.40. The molecule has 0 saturated carbocycles. The molecule has 0 unspecified atom stereocenters. The maximum absolute atomic E-state index is 13.7. The summed E-state index contributed by atoms with van der Waals surface area (Å²) in [6, 6.07) is 14.2. The van der Waals surface area contributed by atoms with Gasteiger partial charge in [0.25, 0.3) is 5.91 Å². The summed E-state index contributed by atoms with van der Waals surface area (Å²) < 4.78 is 66.4. The lowest BCUT2D eigenvalue weighted by molar-refractivity contribution is -0.143. The van der Waals surface area contributed by atoms with E-state index in [0.717, 1.165) is 6.20 Å². The lowest BCUT2D eigenvalue weighted by atomic mass is 10.1. The van der Waals surface area contributed by atoms with E-state index < -0.39 is 33.2 Å². The molecule has 3 aromatic rings. The second kappa shape index (κ2) is 8.93. The molecular formula is C21H20F3N3O3S. The molecule has 0 atom stereocenters. The van der Waals surface area contributed by atoms with Crippen molar-refractivity contribution in [3.8, 4) is 5.69 Å². The van der Waals surface area contributed by atoms with Crippen molar-refractivity contribution in [2.24, 2.45) is 0 Å². The Morgan fingerprint density at radius 1 is 1.06 bits per heavy atom. The van der Waals surface area contributed by atoms with Crippen molar-refractivity contribution in [2.45, 2.75) is 24.4 Å². The van der Waals surface area contributed by atoms with Gasteiger partial charge in [-0.2, -0.15) is 18.3 Å². The van der Waals surface area contributed by atoms with Crippen LogP contribution in [0.4, 0.5) is 13.2 Å². The van der Waals surface area contributed by atoms with Crippen molar-refractivity contribution < 1.29 is 26.4 Å². The summed E-state index contributed by atoms with van der Waals surface area (Å²) in [7, 11) is -3.54. The quantitative estimate of drug-likeness (QED) is 0.554. The second-order valence-electron chi connectivity index (χ2n) is 6.84. The molecule has 0 spiro atoms. The van der Waals surface area contributed by atoms with E-state index in [4.69, 9.17) is 0 Å². The fourth-order valence-electron chi connectivity index (χ4n) is 3.08. The van der Waals surface area contributed by atoms with Gasteiger partial charge in [-0.05, 0) is 37.1 Å². The smallest absolute Gasteiger partial charge is 0.352 e. The number of amides is 1. The lowest BCUT2D eigenvalue weighted by Crippen LogP contribution is -2.28. The van der Waals surface area contributed by atoms with Crippen LogP contribution in [-0.2, 0) is 16.0 Å². The van der Waals surface area contributed by atoms with Gasteiger partial charge < -0.3 is 5.32 Å². The number of hydrogen-bond acceptors (Lipinski definition) is 4. The normalized spacial score (nSPS) is 12.0. The van der Waals surface area contributed by atoms with E-state index in [1.165, 1.54) is 18.2 Å². The monoisotopic (exact) mass is 451 g/mol. The first-order valence-electron chi connectivity index (χ1n) is 9.38. The summed E-state index contributed by atoms with van der Waals surface area (Å²) in [5.41, 5.74) is -1.03. The van der Waals surface area contributed by atoms with Gasteiger partial charge in [-0.1, -0.05) is 36.4 Å². The molecular weight excluding hydrogens is 431 g/mol. The predicted octanol–water partition coefficient (Wildman–Crippen LogP) is 3.79. The van der Waals surface area contributed by atoms with Crippen molar-refractivity contribution in [2.75, 3.05) is 12.3 Å². The van der Waals surface area contributed by atoms with Gasteiger partial charge in [-0.15, -0.1) is 0 Å². The second-order valence-corrected chi connectivity index (χ2v) is 8.95. The van der Waals surface area contributed by atoms with Gasteiger partial charge in [0.1, 0.15) is 0 Å². The van der Waals surface area contributed by atoms with E-state index in [2.05, 4.69) is 10.4 Å². The molecule has 1 amide bonds. The fraction of sp³-hybridized carbons (Fsp3) is 0.238. The maximum Gasteiger partial charge on any atom is 0.434 e. The van der Waals surface area contributed by atoms with E-state index in [-0.39, 0.29) is 29.3 Å². The first-order chi connectivity index (χ1) is 14.6. The van der Waals surface area contributed by atoms with Gasteiger partial charge in [0.15, 0.2) is 15.5 Å². The average molecular weight is 451 g/mol. The van der Waals surface area contributed by atoms with Crippen LogP contribution in [0.2, 0.25) is 0 Å². The number of rotatable bonds is 7. The number of sulfone groups is 1. The number of alkyl halides is 3. The number of carbonyl (C=O) groups excluding carboxylic acids is 1. The van der Waals surface area contributed by atoms with Crippen molar-refractivity contribution in [3.05, 3.63) is 77.6 Å². The summed E-state index contributed by atoms with van der Waals surface area (Å²) >= 11 is 0. The first kappa shape index (κ1) is 22.5. The topological polar surface area (TPSA) is 81.1 Å². The predicted molar refractivity (Wildman–Crippen MR) is 109 cm³/mol. The standard InChI is InChI=1S/C21H20F3N3O3S/c1-15-8-5-6-11-18(15)27-19(21(22,23)24)17(14-26-27)20(28)25-12-7-13-31(29,30)16-9-3-2-4-10-16/h2-6,8-11,14H,7,12-13H2,1H3,(H,25,28). The molecule has 6 nitrogen and oxygen atoms in total. The zero-order valence-electron chi connectivity index (χ0n) is 16.6. The SMILES string of the molecule is Cc1ccccc1-n1ncc(C(=O)NCCCS(=O)(=O)c2ccccc2)c1C(F)(F)F. The Bertz CT molecular complexity index is 1170. The number of nitrogens with one attached hydrogen (secondary N) is 1. The van der Waals surface area contributed by atoms with Crippen molar-refractivity contribution in [3.63, 3.8) is 0 Å². The molecule has 0 saturated heterocycles. The molecule has 3 rings (SSSR count). The van der Waals surface area contributed by atoms with Crippen molar-refractivity contribution in [1.82, 2.24) is 15.1 Å². The highest BCUT2D eigenvalue weighted by Crippen LogP contribution is 2.34. The van der Waals surface area contributed by atoms with Crippen LogP contribution in [0, 0.1) is 6.92 Å². The fourth-order valence-corrected chi connectivity index (χ4v) is 4.41. The Hall–Kier alpha value is -3.14. The third-order valence-corrected chi connectivity index (χ3v) is 6.42. The zero-order valence-corrected chi connectivity index (χ0v) is 17.4. The molecule has 0 aliphatic heterocycles. The molecule has 0 fully saturated rings. The van der Waals surface area contributed by atoms with Crippen LogP contribution in [-0.4, -0.2) is 36.4 Å². The summed E-state index contributed by atoms with van der Waals surface area (Å²) in [6.07, 6.45) is -3.90. The Labute approximate surface area is 177 Å². The summed E-state index contributed by atoms with van der Waals surface area (Å²) in [4.78, 5) is 12.6. The maximum atomic E-state index is 13.7. The van der Waals surface area contributed by atoms with Gasteiger partial charge in [0.2, 0.25) is 0 Å². The summed E-state index contributed by atoms with van der Waals surface area (Å²) in [6.45, 7) is 1.54. The van der Waals surface area contributed by atoms with Crippen LogP contribution < -0.4 is 5.32 Å². The lowest BCUT2D eigenvalue weighted by Gasteiger charge is -2.14. The zero-order chi connectivity index (χ0) is 22.6. The molecule has 0 aliphatic carbocycles. The molecule has 164 valence electrons. The van der Waals surface area contributed by atoms with Gasteiger partial charge >= 0.3 is 6.18 Å². The molecule has 2 aromatic carbocycles. The molecule has 1 N–H and O–H groups in total. The van der Waals surface area contributed by atoms with E-state index >= 15 is 0 Å². The van der Waals surface area contributed by atoms with E-state index in [0.29, 0.717) is 10.2 Å². The molecule has 0 radical (unpaired) electrons. The Kier molecular flexibility index (Phi) is 6.49. The third-order valence-electron chi connectivity index (χ3n) is 4.60. The van der Waals surface area contributed by atoms with E-state index in [1.54, 1.807) is 43.3 Å². The minimum atomic E-state index is -4.82. The number of aromatic nitrogens is 2. The highest BCUT2D eigenvalue weighted by molar-refractivity contribution is 7.91. The van der Waals surface area contributed by atoms with Gasteiger partial charge in [0, 0.05) is 6.54 Å². The molecule has 1 aromatic heterocycles. The molecule has 10 heteroatoms. The minimum absolute atomic E-state index is 0.0518. The molecule has 31 heavy (non-hydrogen) atoms. The minimum Gasteiger partial charge on any atom is -0.352 e. The molecule has 0 aliphatic rings. The number of benzene rings is 2.